The van der Waals surface area contributed by atoms with Crippen molar-refractivity contribution < 1.29 is 9.84 Å². The first-order valence-electron chi connectivity index (χ1n) is 6.20. The van der Waals surface area contributed by atoms with Crippen LogP contribution in [0.25, 0.3) is 5.65 Å². The Morgan fingerprint density at radius 3 is 2.90 bits per heavy atom. The van der Waals surface area contributed by atoms with Crippen LogP contribution in [0, 0.1) is 6.92 Å². The Morgan fingerprint density at radius 2 is 2.15 bits per heavy atom. The molecule has 0 amide bonds. The van der Waals surface area contributed by atoms with Gasteiger partial charge in [0.25, 0.3) is 0 Å². The molecule has 3 rings (SSSR count). The van der Waals surface area contributed by atoms with Crippen LogP contribution in [0.2, 0.25) is 5.02 Å². The Morgan fingerprint density at radius 1 is 1.30 bits per heavy atom. The minimum absolute atomic E-state index is 0.146. The molecule has 0 aliphatic heterocycles. The van der Waals surface area contributed by atoms with E-state index in [0.717, 1.165) is 11.2 Å². The fourth-order valence-corrected chi connectivity index (χ4v) is 2.16. The third-order valence-corrected chi connectivity index (χ3v) is 3.51. The predicted molar refractivity (Wildman–Crippen MR) is 77.4 cm³/mol. The highest BCUT2D eigenvalue weighted by Crippen LogP contribution is 2.28. The van der Waals surface area contributed by atoms with Crippen molar-refractivity contribution in [2.75, 3.05) is 0 Å². The standard InChI is InChI=1S/C15H13ClN2O2/c1-10-8-11(5-6-12(10)16)20-15-13(9-19)18-7-3-2-4-14(18)17-15/h2-8,19H,9H2,1H3. The molecule has 2 heterocycles. The molecule has 2 aromatic heterocycles. The van der Waals surface area contributed by atoms with E-state index in [0.29, 0.717) is 22.3 Å². The van der Waals surface area contributed by atoms with Crippen molar-refractivity contribution >= 4 is 17.2 Å². The van der Waals surface area contributed by atoms with E-state index in [4.69, 9.17) is 16.3 Å². The Bertz CT molecular complexity index is 768. The number of aliphatic hydroxyl groups excluding tert-OH is 1. The quantitative estimate of drug-likeness (QED) is 0.801. The largest absolute Gasteiger partial charge is 0.437 e. The van der Waals surface area contributed by atoms with Crippen LogP contribution in [0.15, 0.2) is 42.6 Å². The monoisotopic (exact) mass is 288 g/mol. The molecule has 5 heteroatoms. The number of hydrogen-bond donors (Lipinski definition) is 1. The third-order valence-electron chi connectivity index (χ3n) is 3.09. The molecule has 0 aliphatic carbocycles. The number of aryl methyl sites for hydroxylation is 1. The molecule has 0 aliphatic rings. The van der Waals surface area contributed by atoms with Crippen molar-refractivity contribution in [1.82, 2.24) is 9.38 Å². The Hall–Kier alpha value is -2.04. The molecule has 0 saturated carbocycles. The molecule has 0 fully saturated rings. The molecule has 3 aromatic rings. The lowest BCUT2D eigenvalue weighted by Crippen LogP contribution is -1.94. The van der Waals surface area contributed by atoms with Gasteiger partial charge in [-0.1, -0.05) is 17.7 Å². The van der Waals surface area contributed by atoms with Crippen molar-refractivity contribution in [2.45, 2.75) is 13.5 Å². The molecular formula is C15H13ClN2O2. The molecule has 0 saturated heterocycles. The van der Waals surface area contributed by atoms with Crippen LogP contribution in [0.4, 0.5) is 0 Å². The number of ether oxygens (including phenoxy) is 1. The van der Waals surface area contributed by atoms with Gasteiger partial charge in [-0.15, -0.1) is 0 Å². The summed E-state index contributed by atoms with van der Waals surface area (Å²) in [6.45, 7) is 1.76. The number of fused-ring (bicyclic) bond motifs is 1. The van der Waals surface area contributed by atoms with Crippen LogP contribution < -0.4 is 4.74 Å². The highest BCUT2D eigenvalue weighted by Gasteiger charge is 2.13. The topological polar surface area (TPSA) is 46.8 Å². The minimum atomic E-state index is -0.146. The van der Waals surface area contributed by atoms with Crippen molar-refractivity contribution in [3.05, 3.63) is 58.9 Å². The highest BCUT2D eigenvalue weighted by atomic mass is 35.5. The van der Waals surface area contributed by atoms with Gasteiger partial charge in [0.2, 0.25) is 5.88 Å². The van der Waals surface area contributed by atoms with Crippen LogP contribution >= 0.6 is 11.6 Å². The molecule has 102 valence electrons. The number of rotatable bonds is 3. The van der Waals surface area contributed by atoms with Crippen molar-refractivity contribution in [2.24, 2.45) is 0 Å². The first-order chi connectivity index (χ1) is 9.69. The maximum absolute atomic E-state index is 9.52. The number of imidazole rings is 1. The first kappa shape index (κ1) is 13.0. The zero-order valence-corrected chi connectivity index (χ0v) is 11.6. The molecule has 0 unspecified atom stereocenters. The van der Waals surface area contributed by atoms with Crippen LogP contribution in [0.1, 0.15) is 11.3 Å². The summed E-state index contributed by atoms with van der Waals surface area (Å²) in [5.41, 5.74) is 2.28. The SMILES string of the molecule is Cc1cc(Oc2nc3ccccn3c2CO)ccc1Cl. The summed E-state index contributed by atoms with van der Waals surface area (Å²) in [5.74, 6) is 1.05. The second kappa shape index (κ2) is 5.15. The molecule has 4 nitrogen and oxygen atoms in total. The fraction of sp³-hybridized carbons (Fsp3) is 0.133. The van der Waals surface area contributed by atoms with E-state index in [1.807, 2.05) is 37.4 Å². The van der Waals surface area contributed by atoms with Crippen LogP contribution in [-0.2, 0) is 6.61 Å². The summed E-state index contributed by atoms with van der Waals surface area (Å²) in [6.07, 6.45) is 1.84. The van der Waals surface area contributed by atoms with E-state index in [1.165, 1.54) is 0 Å². The minimum Gasteiger partial charge on any atom is -0.437 e. The summed E-state index contributed by atoms with van der Waals surface area (Å²) in [7, 11) is 0. The molecule has 20 heavy (non-hydrogen) atoms. The van der Waals surface area contributed by atoms with Crippen LogP contribution in [0.3, 0.4) is 0 Å². The fourth-order valence-electron chi connectivity index (χ4n) is 2.04. The van der Waals surface area contributed by atoms with Gasteiger partial charge in [-0.2, -0.15) is 4.98 Å². The van der Waals surface area contributed by atoms with Gasteiger partial charge in [0.15, 0.2) is 0 Å². The maximum Gasteiger partial charge on any atom is 0.243 e. The number of aromatic nitrogens is 2. The number of aliphatic hydroxyl groups is 1. The average molecular weight is 289 g/mol. The van der Waals surface area contributed by atoms with Gasteiger partial charge in [-0.3, -0.25) is 4.40 Å². The molecule has 0 atom stereocenters. The molecule has 0 radical (unpaired) electrons. The number of nitrogens with zero attached hydrogens (tertiary/aromatic N) is 2. The van der Waals surface area contributed by atoms with Gasteiger partial charge in [-0.05, 0) is 42.8 Å². The van der Waals surface area contributed by atoms with E-state index in [1.54, 1.807) is 16.5 Å². The highest BCUT2D eigenvalue weighted by molar-refractivity contribution is 6.31. The van der Waals surface area contributed by atoms with Gasteiger partial charge in [-0.25, -0.2) is 0 Å². The first-order valence-corrected chi connectivity index (χ1v) is 6.57. The van der Waals surface area contributed by atoms with Gasteiger partial charge in [0, 0.05) is 11.2 Å². The maximum atomic E-state index is 9.52. The lowest BCUT2D eigenvalue weighted by atomic mass is 10.2. The number of hydrogen-bond acceptors (Lipinski definition) is 3. The Kier molecular flexibility index (Phi) is 3.34. The van der Waals surface area contributed by atoms with E-state index in [9.17, 15) is 5.11 Å². The van der Waals surface area contributed by atoms with Gasteiger partial charge >= 0.3 is 0 Å². The normalized spacial score (nSPS) is 10.9. The lowest BCUT2D eigenvalue weighted by Gasteiger charge is -2.06. The van der Waals surface area contributed by atoms with E-state index in [-0.39, 0.29) is 6.61 Å². The van der Waals surface area contributed by atoms with Crippen LogP contribution in [-0.4, -0.2) is 14.5 Å². The zero-order chi connectivity index (χ0) is 14.1. The summed E-state index contributed by atoms with van der Waals surface area (Å²) in [6, 6.07) is 11.0. The van der Waals surface area contributed by atoms with E-state index in [2.05, 4.69) is 4.98 Å². The number of pyridine rings is 1. The second-order valence-corrected chi connectivity index (χ2v) is 4.87. The molecular weight excluding hydrogens is 276 g/mol. The summed E-state index contributed by atoms with van der Waals surface area (Å²) in [4.78, 5) is 4.38. The second-order valence-electron chi connectivity index (χ2n) is 4.46. The van der Waals surface area contributed by atoms with Gasteiger partial charge in [0.05, 0.1) is 6.61 Å². The molecule has 0 spiro atoms. The van der Waals surface area contributed by atoms with Gasteiger partial charge in [0.1, 0.15) is 17.1 Å². The molecule has 0 bridgehead atoms. The smallest absolute Gasteiger partial charge is 0.243 e. The third kappa shape index (κ3) is 2.24. The molecule has 1 aromatic carbocycles. The van der Waals surface area contributed by atoms with E-state index < -0.39 is 0 Å². The number of benzene rings is 1. The Labute approximate surface area is 121 Å². The summed E-state index contributed by atoms with van der Waals surface area (Å²) in [5, 5.41) is 10.2. The van der Waals surface area contributed by atoms with Crippen molar-refractivity contribution in [3.8, 4) is 11.6 Å². The lowest BCUT2D eigenvalue weighted by molar-refractivity contribution is 0.269. The average Bonchev–Trinajstić information content (AvgIpc) is 2.80. The van der Waals surface area contributed by atoms with Crippen molar-refractivity contribution in [1.29, 1.82) is 0 Å². The van der Waals surface area contributed by atoms with Crippen molar-refractivity contribution in [3.63, 3.8) is 0 Å². The predicted octanol–water partition coefficient (Wildman–Crippen LogP) is 3.58. The van der Waals surface area contributed by atoms with Gasteiger partial charge < -0.3 is 9.84 Å². The molecule has 1 N–H and O–H groups in total. The summed E-state index contributed by atoms with van der Waals surface area (Å²) >= 11 is 5.99. The number of halogens is 1. The van der Waals surface area contributed by atoms with Crippen LogP contribution in [0.5, 0.6) is 11.6 Å². The van der Waals surface area contributed by atoms with E-state index >= 15 is 0 Å². The zero-order valence-electron chi connectivity index (χ0n) is 10.9. The summed E-state index contributed by atoms with van der Waals surface area (Å²) < 4.78 is 7.57. The Balaban J connectivity index is 2.03.